The van der Waals surface area contributed by atoms with Gasteiger partial charge in [0.05, 0.1) is 11.2 Å². The van der Waals surface area contributed by atoms with Crippen molar-refractivity contribution in [1.29, 1.82) is 0 Å². The summed E-state index contributed by atoms with van der Waals surface area (Å²) < 4.78 is 31.0. The lowest BCUT2D eigenvalue weighted by atomic mass is 10.3. The molecule has 0 bridgehead atoms. The Balaban J connectivity index is 2.21. The number of hydrogen-bond acceptors (Lipinski definition) is 5. The van der Waals surface area contributed by atoms with E-state index < -0.39 is 26.9 Å². The minimum absolute atomic E-state index is 0.109. The van der Waals surface area contributed by atoms with Crippen molar-refractivity contribution >= 4 is 21.7 Å². The maximum Gasteiger partial charge on any atom is 0.309 e. The van der Waals surface area contributed by atoms with Crippen molar-refractivity contribution in [2.75, 3.05) is 6.54 Å². The van der Waals surface area contributed by atoms with E-state index in [0.717, 1.165) is 0 Å². The van der Waals surface area contributed by atoms with Crippen LogP contribution in [-0.2, 0) is 19.4 Å². The number of rotatable bonds is 6. The zero-order chi connectivity index (χ0) is 18.4. The summed E-state index contributed by atoms with van der Waals surface area (Å²) in [6.07, 6.45) is 1.36. The largest absolute Gasteiger partial charge is 0.468 e. The van der Waals surface area contributed by atoms with E-state index in [1.165, 1.54) is 24.5 Å². The van der Waals surface area contributed by atoms with Crippen molar-refractivity contribution in [3.8, 4) is 0 Å². The predicted octanol–water partition coefficient (Wildman–Crippen LogP) is 1.44. The van der Waals surface area contributed by atoms with Crippen LogP contribution in [0.1, 0.15) is 24.9 Å². The number of sulfone groups is 1. The van der Waals surface area contributed by atoms with Crippen LogP contribution in [0.2, 0.25) is 0 Å². The zero-order valence-corrected chi connectivity index (χ0v) is 14.7. The molecule has 0 aliphatic rings. The Hall–Kier alpha value is -2.61. The second-order valence-electron chi connectivity index (χ2n) is 5.70. The molecule has 0 aliphatic heterocycles. The molecule has 0 fully saturated rings. The van der Waals surface area contributed by atoms with Gasteiger partial charge in [-0.25, -0.2) is 8.42 Å². The van der Waals surface area contributed by atoms with E-state index >= 15 is 0 Å². The Morgan fingerprint density at radius 3 is 2.28 bits per heavy atom. The summed E-state index contributed by atoms with van der Waals surface area (Å²) in [7, 11) is -3.81. The standard InChI is InChI=1S/C17H20N2O5S/c1-12(2)19-17(21)16(20)18-11-15(14-9-6-10-24-14)25(22,23)13-7-4-3-5-8-13/h3-10,12,15H,11H2,1-2H3,(H,18,20)(H,19,21)/t15-/m0/s1. The molecule has 2 amide bonds. The highest BCUT2D eigenvalue weighted by atomic mass is 32.2. The first kappa shape index (κ1) is 18.7. The van der Waals surface area contributed by atoms with Gasteiger partial charge in [-0.1, -0.05) is 18.2 Å². The molecule has 0 radical (unpaired) electrons. The normalized spacial score (nSPS) is 12.6. The van der Waals surface area contributed by atoms with Gasteiger partial charge < -0.3 is 15.1 Å². The summed E-state index contributed by atoms with van der Waals surface area (Å²) in [6, 6.07) is 10.8. The third kappa shape index (κ3) is 4.69. The minimum atomic E-state index is -3.81. The van der Waals surface area contributed by atoms with Gasteiger partial charge >= 0.3 is 11.8 Å². The summed E-state index contributed by atoms with van der Waals surface area (Å²) in [5, 5.41) is 3.67. The molecule has 0 spiro atoms. The molecule has 2 rings (SSSR count). The Morgan fingerprint density at radius 2 is 1.72 bits per heavy atom. The molecule has 7 nitrogen and oxygen atoms in total. The minimum Gasteiger partial charge on any atom is -0.468 e. The number of carbonyl (C=O) groups excluding carboxylic acids is 2. The molecule has 0 saturated carbocycles. The lowest BCUT2D eigenvalue weighted by Gasteiger charge is -2.17. The Labute approximate surface area is 146 Å². The van der Waals surface area contributed by atoms with E-state index in [0.29, 0.717) is 0 Å². The van der Waals surface area contributed by atoms with Gasteiger partial charge in [0.2, 0.25) is 0 Å². The fraction of sp³-hybridized carbons (Fsp3) is 0.294. The number of amides is 2. The molecule has 0 saturated heterocycles. The van der Waals surface area contributed by atoms with Crippen LogP contribution in [0.5, 0.6) is 0 Å². The van der Waals surface area contributed by atoms with E-state index in [2.05, 4.69) is 10.6 Å². The average Bonchev–Trinajstić information content (AvgIpc) is 3.09. The van der Waals surface area contributed by atoms with Crippen LogP contribution in [-0.4, -0.2) is 32.8 Å². The second kappa shape index (κ2) is 7.98. The summed E-state index contributed by atoms with van der Waals surface area (Å²) in [6.45, 7) is 3.16. The Kier molecular flexibility index (Phi) is 5.97. The van der Waals surface area contributed by atoms with Gasteiger partial charge in [-0.3, -0.25) is 9.59 Å². The third-order valence-electron chi connectivity index (χ3n) is 3.38. The number of furan rings is 1. The maximum absolute atomic E-state index is 12.9. The zero-order valence-electron chi connectivity index (χ0n) is 13.9. The molecule has 1 aromatic heterocycles. The SMILES string of the molecule is CC(C)NC(=O)C(=O)NC[C@@H](c1ccco1)S(=O)(=O)c1ccccc1. The van der Waals surface area contributed by atoms with Gasteiger partial charge in [0, 0.05) is 12.6 Å². The first-order valence-electron chi connectivity index (χ1n) is 7.73. The van der Waals surface area contributed by atoms with E-state index in [4.69, 9.17) is 4.42 Å². The summed E-state index contributed by atoms with van der Waals surface area (Å²) in [4.78, 5) is 23.7. The van der Waals surface area contributed by atoms with Crippen molar-refractivity contribution in [3.63, 3.8) is 0 Å². The number of nitrogens with one attached hydrogen (secondary N) is 2. The van der Waals surface area contributed by atoms with Gasteiger partial charge in [0.15, 0.2) is 9.84 Å². The van der Waals surface area contributed by atoms with Crippen LogP contribution in [0, 0.1) is 0 Å². The molecule has 0 aliphatic carbocycles. The van der Waals surface area contributed by atoms with E-state index in [1.807, 2.05) is 0 Å². The van der Waals surface area contributed by atoms with Crippen molar-refractivity contribution < 1.29 is 22.4 Å². The number of benzene rings is 1. The van der Waals surface area contributed by atoms with Crippen LogP contribution in [0.4, 0.5) is 0 Å². The van der Waals surface area contributed by atoms with E-state index in [9.17, 15) is 18.0 Å². The molecule has 1 heterocycles. The lowest BCUT2D eigenvalue weighted by molar-refractivity contribution is -0.139. The fourth-order valence-corrected chi connectivity index (χ4v) is 3.81. The van der Waals surface area contributed by atoms with Crippen LogP contribution >= 0.6 is 0 Å². The molecule has 1 atom stereocenters. The summed E-state index contributed by atoms with van der Waals surface area (Å²) in [5.41, 5.74) is 0. The van der Waals surface area contributed by atoms with E-state index in [1.54, 1.807) is 38.1 Å². The van der Waals surface area contributed by atoms with Gasteiger partial charge in [-0.05, 0) is 38.1 Å². The first-order chi connectivity index (χ1) is 11.8. The Bertz CT molecular complexity index is 814. The third-order valence-corrected chi connectivity index (χ3v) is 5.46. The topological polar surface area (TPSA) is 105 Å². The highest BCUT2D eigenvalue weighted by Gasteiger charge is 2.32. The molecule has 2 N–H and O–H groups in total. The average molecular weight is 364 g/mol. The Morgan fingerprint density at radius 1 is 1.04 bits per heavy atom. The fourth-order valence-electron chi connectivity index (χ4n) is 2.21. The van der Waals surface area contributed by atoms with Gasteiger partial charge in [-0.15, -0.1) is 0 Å². The van der Waals surface area contributed by atoms with Crippen LogP contribution in [0.3, 0.4) is 0 Å². The highest BCUT2D eigenvalue weighted by Crippen LogP contribution is 2.28. The highest BCUT2D eigenvalue weighted by molar-refractivity contribution is 7.91. The monoisotopic (exact) mass is 364 g/mol. The molecular weight excluding hydrogens is 344 g/mol. The van der Waals surface area contributed by atoms with Crippen molar-refractivity contribution in [3.05, 3.63) is 54.5 Å². The second-order valence-corrected chi connectivity index (χ2v) is 7.83. The van der Waals surface area contributed by atoms with Crippen LogP contribution in [0.15, 0.2) is 58.0 Å². The van der Waals surface area contributed by atoms with Gasteiger partial charge in [0.1, 0.15) is 11.0 Å². The van der Waals surface area contributed by atoms with Crippen LogP contribution in [0.25, 0.3) is 0 Å². The molecule has 134 valence electrons. The quantitative estimate of drug-likeness (QED) is 0.755. The lowest BCUT2D eigenvalue weighted by Crippen LogP contribution is -2.44. The van der Waals surface area contributed by atoms with Crippen LogP contribution < -0.4 is 10.6 Å². The van der Waals surface area contributed by atoms with Crippen molar-refractivity contribution in [1.82, 2.24) is 10.6 Å². The van der Waals surface area contributed by atoms with Crippen molar-refractivity contribution in [2.24, 2.45) is 0 Å². The summed E-state index contributed by atoms with van der Waals surface area (Å²) >= 11 is 0. The molecule has 2 aromatic rings. The van der Waals surface area contributed by atoms with E-state index in [-0.39, 0.29) is 23.2 Å². The molecule has 8 heteroatoms. The number of carbonyl (C=O) groups is 2. The molecule has 0 unspecified atom stereocenters. The van der Waals surface area contributed by atoms with Gasteiger partial charge in [0.25, 0.3) is 0 Å². The molecule has 1 aromatic carbocycles. The van der Waals surface area contributed by atoms with Crippen molar-refractivity contribution in [2.45, 2.75) is 30.0 Å². The first-order valence-corrected chi connectivity index (χ1v) is 9.28. The molecular formula is C17H20N2O5S. The number of hydrogen-bond donors (Lipinski definition) is 2. The smallest absolute Gasteiger partial charge is 0.309 e. The summed E-state index contributed by atoms with van der Waals surface area (Å²) in [5.74, 6) is -1.52. The van der Waals surface area contributed by atoms with Gasteiger partial charge in [-0.2, -0.15) is 0 Å². The maximum atomic E-state index is 12.9. The predicted molar refractivity (Wildman–Crippen MR) is 91.4 cm³/mol. The molecule has 25 heavy (non-hydrogen) atoms.